The molecule has 394 valence electrons. The molecule has 19 heteroatoms. The van der Waals surface area contributed by atoms with Crippen LogP contribution >= 0.6 is 0 Å². The lowest BCUT2D eigenvalue weighted by Gasteiger charge is -2.40. The van der Waals surface area contributed by atoms with Crippen LogP contribution in [-0.4, -0.2) is 109 Å². The Hall–Kier alpha value is -7.31. The van der Waals surface area contributed by atoms with Crippen LogP contribution in [0.2, 0.25) is 0 Å². The summed E-state index contributed by atoms with van der Waals surface area (Å²) in [5.74, 6) is -3.16. The maximum atomic E-state index is 14.8. The summed E-state index contributed by atoms with van der Waals surface area (Å²) in [5.41, 5.74) is 8.33. The van der Waals surface area contributed by atoms with Crippen LogP contribution in [0.4, 0.5) is 4.79 Å². The lowest BCUT2D eigenvalue weighted by Crippen LogP contribution is -2.62. The highest BCUT2D eigenvalue weighted by atomic mass is 16.6. The van der Waals surface area contributed by atoms with Gasteiger partial charge in [0.25, 0.3) is 0 Å². The lowest BCUT2D eigenvalue weighted by molar-refractivity contribution is -0.147. The highest BCUT2D eigenvalue weighted by Gasteiger charge is 2.47. The Balaban J connectivity index is 0.920. The van der Waals surface area contributed by atoms with Crippen molar-refractivity contribution in [1.29, 1.82) is 0 Å². The van der Waals surface area contributed by atoms with Crippen molar-refractivity contribution in [1.82, 2.24) is 40.2 Å². The largest absolute Gasteiger partial charge is 0.444 e. The van der Waals surface area contributed by atoms with Crippen LogP contribution in [0, 0.1) is 11.8 Å². The number of fused-ring (bicyclic) bond motifs is 2. The molecular formula is C55H69N9O10. The molecule has 1 saturated carbocycles. The molecule has 4 aromatic rings. The Kier molecular flexibility index (Phi) is 16.4. The van der Waals surface area contributed by atoms with Gasteiger partial charge in [-0.3, -0.25) is 48.0 Å². The quantitative estimate of drug-likeness (QED) is 0.106. The van der Waals surface area contributed by atoms with Gasteiger partial charge in [-0.15, -0.1) is 0 Å². The molecule has 4 fully saturated rings. The smallest absolute Gasteiger partial charge is 0.408 e. The molecular weight excluding hydrogens is 947 g/mol. The number of amides is 8. The standard InChI is InChI=1S/C55H69N9O10/c1-55(2,3)74-53(72)58-40-32-62(51(70)37-20-17-33(18-21-37)15-16-34-19-24-41-44(31-34)61(4)54(73)64(41)43-26-28-46(66)59-50(43)69)30-29-38-22-25-42(63(38)52(40)71)49(68)57-39(23-27-45(56)65)48(67)60-47(35-11-7-5-8-12-35)36-13-9-6-10-14-36/h5-14,19,24,31,33,37-40,42-43,47H,15-18,20-23,25-30,32H2,1-4H3,(H2,56,65)(H,57,68)(H,58,72)(H,60,67)(H,59,66,69)/t33-,37-,38-,39+,40+,42+,43?/m1/s1. The van der Waals surface area contributed by atoms with Crippen LogP contribution in [0.1, 0.15) is 127 Å². The first-order valence-corrected chi connectivity index (χ1v) is 26.0. The molecule has 19 nitrogen and oxygen atoms in total. The molecule has 1 aromatic heterocycles. The van der Waals surface area contributed by atoms with Gasteiger partial charge in [0.15, 0.2) is 0 Å². The van der Waals surface area contributed by atoms with Crippen LogP contribution in [0.5, 0.6) is 0 Å². The number of imide groups is 1. The predicted molar refractivity (Wildman–Crippen MR) is 274 cm³/mol. The van der Waals surface area contributed by atoms with E-state index in [1.807, 2.05) is 78.9 Å². The van der Waals surface area contributed by atoms with Gasteiger partial charge in [-0.1, -0.05) is 66.7 Å². The number of carbonyl (C=O) groups is 8. The van der Waals surface area contributed by atoms with Crippen molar-refractivity contribution in [2.45, 2.75) is 146 Å². The van der Waals surface area contributed by atoms with E-state index in [-0.39, 0.29) is 68.6 Å². The minimum atomic E-state index is -1.24. The van der Waals surface area contributed by atoms with Crippen molar-refractivity contribution in [3.05, 3.63) is 106 Å². The summed E-state index contributed by atoms with van der Waals surface area (Å²) in [6.07, 6.45) is 4.98. The number of benzene rings is 3. The Bertz CT molecular complexity index is 2780. The highest BCUT2D eigenvalue weighted by Crippen LogP contribution is 2.35. The van der Waals surface area contributed by atoms with Crippen molar-refractivity contribution in [2.24, 2.45) is 24.6 Å². The van der Waals surface area contributed by atoms with Gasteiger partial charge in [0, 0.05) is 38.4 Å². The first-order chi connectivity index (χ1) is 35.3. The molecule has 1 unspecified atom stereocenters. The second kappa shape index (κ2) is 22.8. The molecule has 8 rings (SSSR count). The number of rotatable bonds is 15. The number of aryl methyl sites for hydroxylation is 2. The van der Waals surface area contributed by atoms with E-state index in [0.717, 1.165) is 42.4 Å². The molecule has 0 radical (unpaired) electrons. The molecule has 0 spiro atoms. The molecule has 6 N–H and O–H groups in total. The second-order valence-electron chi connectivity index (χ2n) is 21.4. The molecule has 3 aromatic carbocycles. The Labute approximate surface area is 430 Å². The molecule has 4 heterocycles. The van der Waals surface area contributed by atoms with Gasteiger partial charge in [0.1, 0.15) is 29.8 Å². The van der Waals surface area contributed by atoms with Gasteiger partial charge in [-0.2, -0.15) is 0 Å². The SMILES string of the molecule is Cn1c(=O)n(C2CCC(=O)NC2=O)c2ccc(CC[C@H]3CC[C@H](C(=O)N4CC[C@H]5CC[C@@H](C(=O)N[C@@H](CCC(N)=O)C(=O)NC(c6ccccc6)c6ccccc6)N5C(=O)[C@@H](NC(=O)OC(C)(C)C)C4)CC3)cc21. The fourth-order valence-corrected chi connectivity index (χ4v) is 11.2. The molecule has 3 saturated heterocycles. The van der Waals surface area contributed by atoms with Crippen molar-refractivity contribution in [3.8, 4) is 0 Å². The van der Waals surface area contributed by atoms with Crippen LogP contribution in [0.25, 0.3) is 11.0 Å². The van der Waals surface area contributed by atoms with Crippen LogP contribution in [-0.2, 0) is 51.8 Å². The monoisotopic (exact) mass is 1020 g/mol. The van der Waals surface area contributed by atoms with E-state index in [2.05, 4.69) is 21.3 Å². The number of carbonyl (C=O) groups excluding carboxylic acids is 8. The normalized spacial score (nSPS) is 22.8. The van der Waals surface area contributed by atoms with E-state index in [1.54, 1.807) is 32.7 Å². The maximum Gasteiger partial charge on any atom is 0.408 e. The molecule has 1 aliphatic carbocycles. The molecule has 8 amide bonds. The van der Waals surface area contributed by atoms with E-state index in [9.17, 15) is 43.2 Å². The third kappa shape index (κ3) is 12.4. The fourth-order valence-electron chi connectivity index (χ4n) is 11.2. The van der Waals surface area contributed by atoms with Crippen molar-refractivity contribution in [3.63, 3.8) is 0 Å². The summed E-state index contributed by atoms with van der Waals surface area (Å²) in [6, 6.07) is 19.3. The Morgan fingerprint density at radius 3 is 2.12 bits per heavy atom. The molecule has 5 atom stereocenters. The minimum absolute atomic E-state index is 0.0840. The number of ether oxygens (including phenoxy) is 1. The van der Waals surface area contributed by atoms with Crippen molar-refractivity contribution < 1.29 is 43.1 Å². The van der Waals surface area contributed by atoms with Crippen molar-refractivity contribution >= 4 is 58.5 Å². The average molecular weight is 1020 g/mol. The molecule has 3 aliphatic heterocycles. The Morgan fingerprint density at radius 1 is 0.811 bits per heavy atom. The zero-order valence-electron chi connectivity index (χ0n) is 42.7. The number of nitrogens with one attached hydrogen (secondary N) is 4. The number of primary amides is 1. The number of imidazole rings is 1. The summed E-state index contributed by atoms with van der Waals surface area (Å²) in [6.45, 7) is 5.26. The number of alkyl carbamates (subject to hydrolysis) is 1. The van der Waals surface area contributed by atoms with Gasteiger partial charge in [0.2, 0.25) is 41.4 Å². The first-order valence-electron chi connectivity index (χ1n) is 26.0. The van der Waals surface area contributed by atoms with E-state index >= 15 is 0 Å². The predicted octanol–water partition coefficient (Wildman–Crippen LogP) is 4.20. The van der Waals surface area contributed by atoms with Crippen molar-refractivity contribution in [2.75, 3.05) is 13.1 Å². The summed E-state index contributed by atoms with van der Waals surface area (Å²) < 4.78 is 8.59. The summed E-state index contributed by atoms with van der Waals surface area (Å²) in [7, 11) is 1.68. The van der Waals surface area contributed by atoms with Crippen LogP contribution in [0.3, 0.4) is 0 Å². The number of nitrogens with two attached hydrogens (primary N) is 1. The number of nitrogens with zero attached hydrogens (tertiary/aromatic N) is 4. The summed E-state index contributed by atoms with van der Waals surface area (Å²) in [5, 5.41) is 11.0. The zero-order chi connectivity index (χ0) is 52.8. The van der Waals surface area contributed by atoms with E-state index in [0.29, 0.717) is 42.6 Å². The lowest BCUT2D eigenvalue weighted by atomic mass is 9.79. The number of hydrogen-bond acceptors (Lipinski definition) is 10. The first kappa shape index (κ1) is 53.0. The van der Waals surface area contributed by atoms with Gasteiger partial charge in [0.05, 0.1) is 23.6 Å². The summed E-state index contributed by atoms with van der Waals surface area (Å²) in [4.78, 5) is 124. The average Bonchev–Trinajstić information content (AvgIpc) is 3.90. The van der Waals surface area contributed by atoms with Gasteiger partial charge < -0.3 is 36.2 Å². The Morgan fingerprint density at radius 2 is 1.49 bits per heavy atom. The van der Waals surface area contributed by atoms with Gasteiger partial charge in [-0.05, 0) is 126 Å². The van der Waals surface area contributed by atoms with Gasteiger partial charge >= 0.3 is 11.8 Å². The molecule has 74 heavy (non-hydrogen) atoms. The minimum Gasteiger partial charge on any atom is -0.444 e. The zero-order valence-corrected chi connectivity index (χ0v) is 42.7. The maximum absolute atomic E-state index is 14.8. The number of aromatic nitrogens is 2. The molecule has 4 aliphatic rings. The van der Waals surface area contributed by atoms with Gasteiger partial charge in [-0.25, -0.2) is 9.59 Å². The molecule has 0 bridgehead atoms. The number of piperidine rings is 1. The third-order valence-electron chi connectivity index (χ3n) is 15.1. The van der Waals surface area contributed by atoms with Crippen LogP contribution in [0.15, 0.2) is 83.7 Å². The highest BCUT2D eigenvalue weighted by molar-refractivity contribution is 6.00. The summed E-state index contributed by atoms with van der Waals surface area (Å²) >= 11 is 0. The second-order valence-corrected chi connectivity index (χ2v) is 21.4. The van der Waals surface area contributed by atoms with E-state index < -0.39 is 77.5 Å². The van der Waals surface area contributed by atoms with E-state index in [1.165, 1.54) is 14.0 Å². The van der Waals surface area contributed by atoms with Crippen LogP contribution < -0.4 is 32.7 Å². The fraction of sp³-hybridized carbons (Fsp3) is 0.509. The topological polar surface area (TPSA) is 253 Å². The number of hydrogen-bond donors (Lipinski definition) is 5. The van der Waals surface area contributed by atoms with E-state index in [4.69, 9.17) is 10.5 Å². The third-order valence-corrected chi connectivity index (χ3v) is 15.1.